The van der Waals surface area contributed by atoms with Gasteiger partial charge in [0.15, 0.2) is 11.7 Å². The molecule has 1 saturated heterocycles. The lowest BCUT2D eigenvalue weighted by Gasteiger charge is -2.32. The van der Waals surface area contributed by atoms with E-state index in [0.29, 0.717) is 35.4 Å². The van der Waals surface area contributed by atoms with Crippen LogP contribution in [0.15, 0.2) is 185 Å². The lowest BCUT2D eigenvalue weighted by atomic mass is 9.80. The molecule has 0 amide bonds. The number of carbonyl (C=O) groups excluding carboxylic acids is 7. The second kappa shape index (κ2) is 51.3. The van der Waals surface area contributed by atoms with Crippen LogP contribution in [0.25, 0.3) is 16.6 Å². The average Bonchev–Trinajstić information content (AvgIpc) is 1.62. The van der Waals surface area contributed by atoms with Gasteiger partial charge in [-0.2, -0.15) is 43.2 Å². The van der Waals surface area contributed by atoms with E-state index in [1.807, 2.05) is 59.7 Å². The highest BCUT2D eigenvalue weighted by molar-refractivity contribution is 7.88. The molecule has 35 nitrogen and oxygen atoms in total. The number of fused-ring (bicyclic) bond motifs is 3. The first-order valence-electron chi connectivity index (χ1n) is 38.1. The van der Waals surface area contributed by atoms with Crippen molar-refractivity contribution in [2.24, 2.45) is 5.92 Å². The molecule has 45 heteroatoms. The van der Waals surface area contributed by atoms with Gasteiger partial charge < -0.3 is 62.5 Å². The summed E-state index contributed by atoms with van der Waals surface area (Å²) in [5.41, 5.74) is -9.96. The van der Waals surface area contributed by atoms with E-state index in [4.69, 9.17) is 47.6 Å². The summed E-state index contributed by atoms with van der Waals surface area (Å²) in [6.45, 7) is 28.5. The fourth-order valence-corrected chi connectivity index (χ4v) is 10.8. The molecule has 3 N–H and O–H groups in total. The number of hydrogen-bond acceptors (Lipinski definition) is 32. The van der Waals surface area contributed by atoms with Crippen LogP contribution in [-0.2, 0) is 102 Å². The van der Waals surface area contributed by atoms with Gasteiger partial charge in [0.1, 0.15) is 45.8 Å². The van der Waals surface area contributed by atoms with Crippen LogP contribution >= 0.6 is 0 Å². The van der Waals surface area contributed by atoms with Crippen LogP contribution in [-0.4, -0.2) is 194 Å². The summed E-state index contributed by atoms with van der Waals surface area (Å²) >= 11 is 0. The predicted octanol–water partition coefficient (Wildman–Crippen LogP) is 10.7. The Labute approximate surface area is 734 Å². The molecule has 8 aromatic heterocycles. The highest BCUT2D eigenvalue weighted by Gasteiger charge is 2.54. The largest absolute Gasteiger partial charge is 0.525 e. The van der Waals surface area contributed by atoms with E-state index in [1.165, 1.54) is 75.1 Å². The van der Waals surface area contributed by atoms with Crippen LogP contribution in [0.5, 0.6) is 17.2 Å². The molecule has 1 aromatic carbocycles. The Hall–Kier alpha value is -12.6. The number of esters is 6. The molecule has 0 saturated carbocycles. The van der Waals surface area contributed by atoms with Crippen molar-refractivity contribution in [3.63, 3.8) is 0 Å². The van der Waals surface area contributed by atoms with Crippen LogP contribution in [0.4, 0.5) is 32.0 Å². The van der Waals surface area contributed by atoms with E-state index >= 15 is 0 Å². The van der Waals surface area contributed by atoms with Gasteiger partial charge >= 0.3 is 74.2 Å². The Morgan fingerprint density at radius 3 is 1.29 bits per heavy atom. The standard InChI is InChI=1S/C18H22BNO5.C16H23NO6.C13H13NO3.C12H11NO4.C9H14O4.C8H5F6NO6S2.C6H7NO.CH4.B/c1-6-23-16(22)14-10-9-13-8-7-12(11-20(13)15(14)21)19-24-17(2,3)18(4,5)25-19;1-4-21-13(9-11-7-8-12(18)10-17-11)14(15(19)22-5-2)16(20)23-6-3;1-3-17-13(16)11-7-6-10-5-4-9(2)8-14(10)12(11)15;1-2-17-12(16)10-6-4-8-3-5-9(14)7-13(8)11(10)15;1-4-12-6-8(7(3)10)9(11)13-5-2;9-7(10,11)22(16,17)20-15(6-4-2-1-3-5-6)21-23(18,19)8(12,13)14;1-5-2-3-6(8)4-7-5;;/h7-11H,6H2,1-5H3;7-8,10,13-14,18H,4-6,9H2,1-3H3;4-8H,3H2,1-2H3;3-7,14H,2H2,1H3;6H,4-5H2,1-3H3;1-5H;2-4,8H,1H3;1H4;/b;;;;8-6-;;;;. The molecule has 1 fully saturated rings. The molecular weight excluding hydrogens is 1740 g/mol. The lowest BCUT2D eigenvalue weighted by molar-refractivity contribution is -0.169. The van der Waals surface area contributed by atoms with Crippen molar-refractivity contribution in [3.8, 4) is 17.2 Å². The zero-order valence-electron chi connectivity index (χ0n) is 71.5. The molecule has 9 aromatic rings. The Morgan fingerprint density at radius 2 is 0.906 bits per heavy atom. The first-order chi connectivity index (χ1) is 59.0. The van der Waals surface area contributed by atoms with Gasteiger partial charge in [-0.15, -0.1) is 8.57 Å². The SMILES string of the molecule is C.CCO/C=C(/C(C)=O)C(=O)OCC.CCOC(=O)C(C(=O)OCC)C(Cc1ccc(O)cn1)OCC.CCOC(=O)c1ccc2ccc(B3OC(C)(C)C(C)(C)O3)cn2c1=O.CCOC(=O)c1ccc2ccc(C)cn2c1=O.CCOC(=O)c1ccc2ccc(O)cn2c1=O.Cc1ccc(O)cn1.O=S(=O)(ON(OS(=O)(=O)C(F)(F)F)c1ccccc1)C(F)(F)F.[B]. The van der Waals surface area contributed by atoms with Crippen LogP contribution in [0, 0.1) is 19.8 Å². The summed E-state index contributed by atoms with van der Waals surface area (Å²) in [5.74, 6) is -5.16. The number of pyridine rings is 8. The number of hydrogen-bond donors (Lipinski definition) is 3. The third-order valence-corrected chi connectivity index (χ3v) is 18.6. The molecule has 695 valence electrons. The highest BCUT2D eigenvalue weighted by atomic mass is 32.2. The number of aryl methyl sites for hydroxylation is 2. The first kappa shape index (κ1) is 112. The Bertz CT molecular complexity index is 5460. The number of halogens is 6. The number of Topliss-reactive ketones (excluding diaryl/α,β-unsaturated/α-hetero) is 1. The number of nitrogens with zero attached hydrogens (tertiary/aromatic N) is 6. The summed E-state index contributed by atoms with van der Waals surface area (Å²) < 4.78 is 179. The summed E-state index contributed by atoms with van der Waals surface area (Å²) in [6.07, 6.45) is 7.95. The van der Waals surface area contributed by atoms with E-state index in [1.54, 1.807) is 116 Å². The van der Waals surface area contributed by atoms with Crippen molar-refractivity contribution in [1.82, 2.24) is 23.2 Å². The molecule has 0 spiro atoms. The number of rotatable bonds is 26. The number of carbonyl (C=O) groups is 7. The fourth-order valence-electron chi connectivity index (χ4n) is 10.0. The van der Waals surface area contributed by atoms with Crippen LogP contribution in [0.1, 0.15) is 145 Å². The number of ether oxygens (including phenoxy) is 8. The average molecular weight is 1840 g/mol. The monoisotopic (exact) mass is 1840 g/mol. The van der Waals surface area contributed by atoms with E-state index in [-0.39, 0.29) is 113 Å². The number of benzene rings is 1. The van der Waals surface area contributed by atoms with Crippen LogP contribution in [0.3, 0.4) is 0 Å². The zero-order chi connectivity index (χ0) is 94.8. The maximum Gasteiger partial charge on any atom is 0.525 e. The van der Waals surface area contributed by atoms with Crippen molar-refractivity contribution in [1.29, 1.82) is 0 Å². The van der Waals surface area contributed by atoms with Crippen molar-refractivity contribution >= 4 is 105 Å². The van der Waals surface area contributed by atoms with E-state index < -0.39 is 119 Å². The first-order valence-corrected chi connectivity index (χ1v) is 40.9. The van der Waals surface area contributed by atoms with E-state index in [0.717, 1.165) is 47.3 Å². The Morgan fingerprint density at radius 1 is 0.508 bits per heavy atom. The van der Waals surface area contributed by atoms with E-state index in [9.17, 15) is 101 Å². The molecule has 3 radical (unpaired) electrons. The molecule has 0 aliphatic carbocycles. The predicted molar refractivity (Wildman–Crippen MR) is 454 cm³/mol. The van der Waals surface area contributed by atoms with Crippen molar-refractivity contribution in [2.45, 2.75) is 146 Å². The topological polar surface area (TPSA) is 453 Å². The van der Waals surface area contributed by atoms with Gasteiger partial charge in [-0.3, -0.25) is 51.9 Å². The van der Waals surface area contributed by atoms with Crippen LogP contribution in [0.2, 0.25) is 0 Å². The number of anilines is 1. The highest BCUT2D eigenvalue weighted by Crippen LogP contribution is 2.37. The molecule has 1 atom stereocenters. The molecule has 10 rings (SSSR count). The maximum absolute atomic E-state index is 12.6. The second-order valence-electron chi connectivity index (χ2n) is 26.5. The third-order valence-electron chi connectivity index (χ3n) is 16.8. The summed E-state index contributed by atoms with van der Waals surface area (Å²) in [7, 11) is -13.6. The smallest absolute Gasteiger partial charge is 0.506 e. The molecule has 1 aliphatic heterocycles. The quantitative estimate of drug-likeness (QED) is 0.00433. The number of ketones is 1. The fraction of sp³-hybridized carbons (Fsp3) is 0.373. The van der Waals surface area contributed by atoms with Crippen molar-refractivity contribution < 1.29 is 148 Å². The van der Waals surface area contributed by atoms with Gasteiger partial charge in [-0.05, 0) is 212 Å². The maximum atomic E-state index is 12.6. The van der Waals surface area contributed by atoms with Crippen LogP contribution < -0.4 is 27.4 Å². The Balaban J connectivity index is 0.000000514. The van der Waals surface area contributed by atoms with Crippen molar-refractivity contribution in [3.05, 3.63) is 235 Å². The van der Waals surface area contributed by atoms with Gasteiger partial charge in [0, 0.05) is 61.8 Å². The molecule has 1 unspecified atom stereocenters. The number of aromatic hydroxyl groups is 3. The van der Waals surface area contributed by atoms with Gasteiger partial charge in [0.25, 0.3) is 16.7 Å². The summed E-state index contributed by atoms with van der Waals surface area (Å²) in [6, 6.07) is 31.2. The minimum absolute atomic E-state index is 0. The van der Waals surface area contributed by atoms with Gasteiger partial charge in [0.2, 0.25) is 0 Å². The summed E-state index contributed by atoms with van der Waals surface area (Å²) in [5, 5.41) is 26.3. The molecular formula is C83H99B2F6N6O29S2. The number of alkyl halides is 6. The molecule has 9 heterocycles. The third kappa shape index (κ3) is 32.7. The van der Waals surface area contributed by atoms with Gasteiger partial charge in [-0.1, -0.05) is 43.0 Å². The number of para-hydroxylation sites is 1. The van der Waals surface area contributed by atoms with E-state index in [2.05, 4.69) is 23.3 Å². The number of aromatic nitrogens is 5. The molecule has 0 bridgehead atoms. The zero-order valence-corrected chi connectivity index (χ0v) is 73.1. The van der Waals surface area contributed by atoms with Crippen molar-refractivity contribution in [2.75, 3.05) is 58.1 Å². The Kier molecular flexibility index (Phi) is 44.7. The second-order valence-corrected chi connectivity index (χ2v) is 29.5. The molecule has 128 heavy (non-hydrogen) atoms. The minimum Gasteiger partial charge on any atom is -0.506 e. The van der Waals surface area contributed by atoms with Gasteiger partial charge in [-0.25, -0.2) is 19.2 Å². The minimum atomic E-state index is -6.49. The normalized spacial score (nSPS) is 12.7. The van der Waals surface area contributed by atoms with Gasteiger partial charge in [0.05, 0.1) is 87.8 Å². The lowest BCUT2D eigenvalue weighted by Crippen LogP contribution is -2.41. The molecule has 1 aliphatic rings. The summed E-state index contributed by atoms with van der Waals surface area (Å²) in [4.78, 5) is 126.